The Labute approximate surface area is 141 Å². The van der Waals surface area contributed by atoms with Crippen LogP contribution in [0.2, 0.25) is 0 Å². The van der Waals surface area contributed by atoms with Gasteiger partial charge < -0.3 is 15.1 Å². The van der Waals surface area contributed by atoms with Gasteiger partial charge in [-0.2, -0.15) is 12.8 Å². The van der Waals surface area contributed by atoms with E-state index in [0.29, 0.717) is 0 Å². The molecule has 0 aliphatic rings. The zero-order valence-corrected chi connectivity index (χ0v) is 13.2. The van der Waals surface area contributed by atoms with Gasteiger partial charge in [-0.15, -0.1) is 0 Å². The van der Waals surface area contributed by atoms with Crippen LogP contribution in [0.15, 0.2) is 51.8 Å². The normalized spacial score (nSPS) is 11.4. The van der Waals surface area contributed by atoms with Crippen molar-refractivity contribution >= 4 is 28.2 Å². The first kappa shape index (κ1) is 18.1. The second-order valence-corrected chi connectivity index (χ2v) is 6.36. The molecule has 2 aromatic carbocycles. The predicted octanol–water partition coefficient (Wildman–Crippen LogP) is 1.74. The Kier molecular flexibility index (Phi) is 5.15. The van der Waals surface area contributed by atoms with E-state index in [1.807, 2.05) is 0 Å². The minimum Gasteiger partial charge on any atom is -0.478 e. The molecular weight excluding hydrogens is 354 g/mol. The second-order valence-electron chi connectivity index (χ2n) is 4.73. The molecule has 0 spiro atoms. The molecule has 9 nitrogen and oxygen atoms in total. The van der Waals surface area contributed by atoms with Crippen LogP contribution in [0.3, 0.4) is 0 Å². The van der Waals surface area contributed by atoms with Crippen molar-refractivity contribution in [1.29, 1.82) is 0 Å². The molecular formula is C15H11NO8S. The van der Waals surface area contributed by atoms with Gasteiger partial charge in [0, 0.05) is 6.21 Å². The average Bonchev–Trinajstić information content (AvgIpc) is 2.59. The fourth-order valence-electron chi connectivity index (χ4n) is 1.84. The topological polar surface area (TPSA) is 151 Å². The van der Waals surface area contributed by atoms with E-state index >= 15 is 0 Å². The van der Waals surface area contributed by atoms with Crippen LogP contribution in [0.5, 0.6) is 5.75 Å². The summed E-state index contributed by atoms with van der Waals surface area (Å²) < 4.78 is 27.6. The molecule has 0 saturated heterocycles. The first-order valence-electron chi connectivity index (χ1n) is 6.56. The zero-order chi connectivity index (χ0) is 18.6. The van der Waals surface area contributed by atoms with Gasteiger partial charge in [-0.1, -0.05) is 0 Å². The van der Waals surface area contributed by atoms with E-state index in [2.05, 4.69) is 9.29 Å². The fraction of sp³-hybridized carbons (Fsp3) is 0. The number of aromatic carboxylic acids is 2. The molecule has 25 heavy (non-hydrogen) atoms. The van der Waals surface area contributed by atoms with Crippen molar-refractivity contribution in [3.8, 4) is 5.75 Å². The summed E-state index contributed by atoms with van der Waals surface area (Å²) in [5.74, 6) is -2.69. The maximum absolute atomic E-state index is 12.1. The van der Waals surface area contributed by atoms with Crippen molar-refractivity contribution in [2.24, 2.45) is 4.40 Å². The van der Waals surface area contributed by atoms with Gasteiger partial charge in [-0.3, -0.25) is 0 Å². The Balaban J connectivity index is 2.39. The van der Waals surface area contributed by atoms with Crippen LogP contribution >= 0.6 is 0 Å². The molecule has 130 valence electrons. The maximum atomic E-state index is 12.1. The highest BCUT2D eigenvalue weighted by Crippen LogP contribution is 2.17. The second kappa shape index (κ2) is 7.11. The monoisotopic (exact) mass is 365 g/mol. The minimum atomic E-state index is -4.11. The zero-order valence-electron chi connectivity index (χ0n) is 12.4. The molecule has 0 amide bonds. The molecule has 2 rings (SSSR count). The SMILES string of the molecule is O=C(O)c1cc(/C=N\S(=O)(=O)c2ccc(OO)cc2)cc(C(=O)O)c1. The summed E-state index contributed by atoms with van der Waals surface area (Å²) in [6.45, 7) is 0. The number of carbonyl (C=O) groups is 2. The van der Waals surface area contributed by atoms with Crippen LogP contribution in [0, 0.1) is 0 Å². The molecule has 0 aliphatic carbocycles. The van der Waals surface area contributed by atoms with Crippen molar-refractivity contribution in [3.63, 3.8) is 0 Å². The van der Waals surface area contributed by atoms with Crippen LogP contribution < -0.4 is 4.89 Å². The van der Waals surface area contributed by atoms with E-state index in [1.54, 1.807) is 0 Å². The Morgan fingerprint density at radius 2 is 1.48 bits per heavy atom. The third kappa shape index (κ3) is 4.40. The standard InChI is InChI=1S/C15H11NO8S/c17-14(18)10-5-9(6-11(7-10)15(19)20)8-16-25(22,23)13-3-1-12(24-21)2-4-13/h1-8,21H,(H,17,18)(H,19,20)/b16-8-. The summed E-state index contributed by atoms with van der Waals surface area (Å²) in [5, 5.41) is 26.4. The number of hydrogen-bond donors (Lipinski definition) is 3. The van der Waals surface area contributed by atoms with E-state index in [-0.39, 0.29) is 27.3 Å². The Hall–Kier alpha value is -3.24. The van der Waals surface area contributed by atoms with Crippen LogP contribution in [-0.2, 0) is 10.0 Å². The molecule has 0 heterocycles. The number of carboxylic acid groups (broad SMARTS) is 2. The molecule has 0 atom stereocenters. The Morgan fingerprint density at radius 1 is 0.960 bits per heavy atom. The molecule has 0 fully saturated rings. The molecule has 10 heteroatoms. The third-order valence-electron chi connectivity index (χ3n) is 3.02. The van der Waals surface area contributed by atoms with E-state index in [1.165, 1.54) is 12.1 Å². The highest BCUT2D eigenvalue weighted by Gasteiger charge is 2.14. The summed E-state index contributed by atoms with van der Waals surface area (Å²) >= 11 is 0. The van der Waals surface area contributed by atoms with Crippen molar-refractivity contribution in [1.82, 2.24) is 0 Å². The number of carboxylic acids is 2. The first-order chi connectivity index (χ1) is 11.7. The molecule has 0 radical (unpaired) electrons. The van der Waals surface area contributed by atoms with E-state index < -0.39 is 22.0 Å². The van der Waals surface area contributed by atoms with Crippen molar-refractivity contribution < 1.29 is 38.4 Å². The number of nitrogens with zero attached hydrogens (tertiary/aromatic N) is 1. The summed E-state index contributed by atoms with van der Waals surface area (Å²) in [6.07, 6.45) is 0.852. The van der Waals surface area contributed by atoms with Crippen LogP contribution in [0.4, 0.5) is 0 Å². The largest absolute Gasteiger partial charge is 0.478 e. The highest BCUT2D eigenvalue weighted by atomic mass is 32.2. The molecule has 2 aromatic rings. The first-order valence-corrected chi connectivity index (χ1v) is 8.00. The van der Waals surface area contributed by atoms with Crippen LogP contribution in [0.25, 0.3) is 0 Å². The van der Waals surface area contributed by atoms with Gasteiger partial charge in [0.05, 0.1) is 16.0 Å². The minimum absolute atomic E-state index is 0.00353. The number of benzene rings is 2. The predicted molar refractivity (Wildman–Crippen MR) is 84.8 cm³/mol. The van der Waals surface area contributed by atoms with Gasteiger partial charge in [0.1, 0.15) is 0 Å². The maximum Gasteiger partial charge on any atom is 0.335 e. The van der Waals surface area contributed by atoms with Gasteiger partial charge in [-0.25, -0.2) is 14.8 Å². The van der Waals surface area contributed by atoms with Crippen molar-refractivity contribution in [2.75, 3.05) is 0 Å². The lowest BCUT2D eigenvalue weighted by molar-refractivity contribution is -0.137. The number of sulfonamides is 1. The quantitative estimate of drug-likeness (QED) is 0.398. The van der Waals surface area contributed by atoms with Crippen LogP contribution in [0.1, 0.15) is 26.3 Å². The Morgan fingerprint density at radius 3 is 1.92 bits per heavy atom. The van der Waals surface area contributed by atoms with Gasteiger partial charge in [0.25, 0.3) is 10.0 Å². The van der Waals surface area contributed by atoms with E-state index in [4.69, 9.17) is 15.5 Å². The summed E-state index contributed by atoms with van der Waals surface area (Å²) in [6, 6.07) is 7.84. The fourth-order valence-corrected chi connectivity index (χ4v) is 2.70. The highest BCUT2D eigenvalue weighted by molar-refractivity contribution is 7.90. The van der Waals surface area contributed by atoms with Gasteiger partial charge in [-0.05, 0) is 48.0 Å². The molecule has 0 saturated carbocycles. The van der Waals surface area contributed by atoms with E-state index in [0.717, 1.165) is 36.5 Å². The third-order valence-corrected chi connectivity index (χ3v) is 4.27. The van der Waals surface area contributed by atoms with Crippen LogP contribution in [-0.4, -0.2) is 42.0 Å². The number of hydrogen-bond acceptors (Lipinski definition) is 6. The molecule has 0 unspecified atom stereocenters. The summed E-state index contributed by atoms with van der Waals surface area (Å²) in [4.78, 5) is 25.8. The lowest BCUT2D eigenvalue weighted by atomic mass is 10.1. The average molecular weight is 365 g/mol. The molecule has 0 aromatic heterocycles. The van der Waals surface area contributed by atoms with Crippen molar-refractivity contribution in [3.05, 3.63) is 59.2 Å². The lowest BCUT2D eigenvalue weighted by Gasteiger charge is -2.02. The van der Waals surface area contributed by atoms with Gasteiger partial charge >= 0.3 is 11.9 Å². The molecule has 3 N–H and O–H groups in total. The molecule has 0 bridgehead atoms. The summed E-state index contributed by atoms with van der Waals surface area (Å²) in [5.41, 5.74) is -0.637. The molecule has 0 aliphatic heterocycles. The smallest absolute Gasteiger partial charge is 0.335 e. The number of rotatable bonds is 6. The lowest BCUT2D eigenvalue weighted by Crippen LogP contribution is -2.04. The van der Waals surface area contributed by atoms with E-state index in [9.17, 15) is 18.0 Å². The summed E-state index contributed by atoms with van der Waals surface area (Å²) in [7, 11) is -4.11. The van der Waals surface area contributed by atoms with Gasteiger partial charge in [0.2, 0.25) is 0 Å². The Bertz CT molecular complexity index is 916. The van der Waals surface area contributed by atoms with Gasteiger partial charge in [0.15, 0.2) is 5.75 Å². The van der Waals surface area contributed by atoms with Crippen molar-refractivity contribution in [2.45, 2.75) is 4.90 Å².